The molecule has 0 aliphatic carbocycles. The first-order valence-corrected chi connectivity index (χ1v) is 10.2. The first-order valence-electron chi connectivity index (χ1n) is 10.2. The lowest BCUT2D eigenvalue weighted by molar-refractivity contribution is 0.0284. The van der Waals surface area contributed by atoms with Crippen LogP contribution in [0, 0.1) is 6.92 Å². The molecule has 152 valence electrons. The van der Waals surface area contributed by atoms with Gasteiger partial charge in [0.2, 0.25) is 0 Å². The van der Waals surface area contributed by atoms with Crippen LogP contribution < -0.4 is 4.74 Å². The van der Waals surface area contributed by atoms with E-state index in [9.17, 15) is 10.2 Å². The third-order valence-electron chi connectivity index (χ3n) is 5.69. The Labute approximate surface area is 173 Å². The van der Waals surface area contributed by atoms with Gasteiger partial charge in [0.15, 0.2) is 0 Å². The van der Waals surface area contributed by atoms with Gasteiger partial charge in [-0.3, -0.25) is 0 Å². The monoisotopic (exact) mass is 390 g/mol. The van der Waals surface area contributed by atoms with E-state index in [4.69, 9.17) is 4.74 Å². The topological polar surface area (TPSA) is 49.7 Å². The van der Waals surface area contributed by atoms with Crippen molar-refractivity contribution in [3.05, 3.63) is 89.0 Å². The molecule has 0 aliphatic rings. The SMILES string of the molecule is CCC(O)(CC)c1ccc(-c2cc(OCc3cccc(CO)c3)ccc2C)cc1. The van der Waals surface area contributed by atoms with Gasteiger partial charge in [-0.15, -0.1) is 0 Å². The van der Waals surface area contributed by atoms with Crippen molar-refractivity contribution < 1.29 is 14.9 Å². The molecule has 0 aliphatic heterocycles. The maximum absolute atomic E-state index is 10.7. The molecule has 0 saturated heterocycles. The number of aliphatic hydroxyl groups excluding tert-OH is 1. The van der Waals surface area contributed by atoms with Gasteiger partial charge in [-0.25, -0.2) is 0 Å². The normalized spacial score (nSPS) is 11.5. The number of hydrogen-bond acceptors (Lipinski definition) is 3. The van der Waals surface area contributed by atoms with E-state index in [1.807, 2.05) is 56.3 Å². The first-order chi connectivity index (χ1) is 14.0. The van der Waals surface area contributed by atoms with Crippen molar-refractivity contribution in [3.8, 4) is 16.9 Å². The zero-order valence-electron chi connectivity index (χ0n) is 17.5. The summed E-state index contributed by atoms with van der Waals surface area (Å²) in [4.78, 5) is 0. The molecule has 29 heavy (non-hydrogen) atoms. The second-order valence-electron chi connectivity index (χ2n) is 7.56. The average molecular weight is 391 g/mol. The van der Waals surface area contributed by atoms with E-state index in [0.717, 1.165) is 33.6 Å². The van der Waals surface area contributed by atoms with Crippen LogP contribution >= 0.6 is 0 Å². The Kier molecular flexibility index (Phi) is 6.73. The highest BCUT2D eigenvalue weighted by molar-refractivity contribution is 5.69. The molecule has 3 aromatic rings. The van der Waals surface area contributed by atoms with E-state index in [1.54, 1.807) is 0 Å². The third kappa shape index (κ3) is 4.87. The molecule has 0 atom stereocenters. The second-order valence-corrected chi connectivity index (χ2v) is 7.56. The Morgan fingerprint density at radius 1 is 0.862 bits per heavy atom. The van der Waals surface area contributed by atoms with Crippen molar-refractivity contribution in [1.82, 2.24) is 0 Å². The third-order valence-corrected chi connectivity index (χ3v) is 5.69. The van der Waals surface area contributed by atoms with Crippen LogP contribution in [-0.2, 0) is 18.8 Å². The lowest BCUT2D eigenvalue weighted by Crippen LogP contribution is -2.23. The zero-order valence-corrected chi connectivity index (χ0v) is 17.5. The molecule has 2 N–H and O–H groups in total. The molecule has 0 fully saturated rings. The van der Waals surface area contributed by atoms with E-state index >= 15 is 0 Å². The zero-order chi connectivity index (χ0) is 20.9. The number of aryl methyl sites for hydroxylation is 1. The van der Waals surface area contributed by atoms with E-state index in [0.29, 0.717) is 19.4 Å². The van der Waals surface area contributed by atoms with Crippen LogP contribution in [-0.4, -0.2) is 10.2 Å². The van der Waals surface area contributed by atoms with Crippen molar-refractivity contribution in [2.45, 2.75) is 52.4 Å². The molecule has 3 nitrogen and oxygen atoms in total. The standard InChI is InChI=1S/C26H30O3/c1-4-26(28,5-2)23-12-10-22(11-13-23)25-16-24(14-9-19(25)3)29-18-21-8-6-7-20(15-21)17-27/h6-16,27-28H,4-5,17-18H2,1-3H3. The summed E-state index contributed by atoms with van der Waals surface area (Å²) in [5.41, 5.74) is 5.51. The lowest BCUT2D eigenvalue weighted by Gasteiger charge is -2.26. The molecule has 3 rings (SSSR count). The molecule has 0 saturated carbocycles. The van der Waals surface area contributed by atoms with Crippen molar-refractivity contribution in [1.29, 1.82) is 0 Å². The number of rotatable bonds is 8. The summed E-state index contributed by atoms with van der Waals surface area (Å²) >= 11 is 0. The molecule has 0 heterocycles. The highest BCUT2D eigenvalue weighted by Gasteiger charge is 2.24. The second kappa shape index (κ2) is 9.25. The number of aliphatic hydroxyl groups is 2. The van der Waals surface area contributed by atoms with Crippen LogP contribution in [0.4, 0.5) is 0 Å². The van der Waals surface area contributed by atoms with Crippen LogP contribution in [0.3, 0.4) is 0 Å². The predicted molar refractivity (Wildman–Crippen MR) is 118 cm³/mol. The van der Waals surface area contributed by atoms with Crippen LogP contribution in [0.25, 0.3) is 11.1 Å². The minimum Gasteiger partial charge on any atom is -0.489 e. The summed E-state index contributed by atoms with van der Waals surface area (Å²) in [6, 6.07) is 22.1. The minimum atomic E-state index is -0.762. The molecule has 3 aromatic carbocycles. The molecule has 0 unspecified atom stereocenters. The van der Waals surface area contributed by atoms with E-state index in [-0.39, 0.29) is 6.61 Å². The molecular formula is C26H30O3. The quantitative estimate of drug-likeness (QED) is 0.515. The fourth-order valence-electron chi connectivity index (χ4n) is 3.60. The Morgan fingerprint density at radius 3 is 2.21 bits per heavy atom. The summed E-state index contributed by atoms with van der Waals surface area (Å²) < 4.78 is 6.00. The van der Waals surface area contributed by atoms with Gasteiger partial charge in [0.25, 0.3) is 0 Å². The largest absolute Gasteiger partial charge is 0.489 e. The fraction of sp³-hybridized carbons (Fsp3) is 0.308. The highest BCUT2D eigenvalue weighted by Crippen LogP contribution is 2.32. The summed E-state index contributed by atoms with van der Waals surface area (Å²) in [6.45, 7) is 6.60. The summed E-state index contributed by atoms with van der Waals surface area (Å²) in [6.07, 6.45) is 1.39. The average Bonchev–Trinajstić information content (AvgIpc) is 2.78. The van der Waals surface area contributed by atoms with E-state index in [2.05, 4.69) is 31.2 Å². The van der Waals surface area contributed by atoms with Crippen LogP contribution in [0.15, 0.2) is 66.7 Å². The van der Waals surface area contributed by atoms with Crippen LogP contribution in [0.2, 0.25) is 0 Å². The maximum Gasteiger partial charge on any atom is 0.120 e. The van der Waals surface area contributed by atoms with Gasteiger partial charge < -0.3 is 14.9 Å². The molecule has 0 radical (unpaired) electrons. The maximum atomic E-state index is 10.7. The van der Waals surface area contributed by atoms with Gasteiger partial charge in [-0.05, 0) is 65.3 Å². The molecule has 0 amide bonds. The van der Waals surface area contributed by atoms with Gasteiger partial charge >= 0.3 is 0 Å². The Balaban J connectivity index is 1.80. The number of benzene rings is 3. The lowest BCUT2D eigenvalue weighted by atomic mass is 9.87. The van der Waals surface area contributed by atoms with Gasteiger partial charge in [0, 0.05) is 0 Å². The van der Waals surface area contributed by atoms with Gasteiger partial charge in [-0.1, -0.05) is 68.4 Å². The number of ether oxygens (including phenoxy) is 1. The molecule has 0 spiro atoms. The van der Waals surface area contributed by atoms with Crippen LogP contribution in [0.5, 0.6) is 5.75 Å². The van der Waals surface area contributed by atoms with Crippen molar-refractivity contribution in [2.24, 2.45) is 0 Å². The van der Waals surface area contributed by atoms with Crippen molar-refractivity contribution >= 4 is 0 Å². The molecular weight excluding hydrogens is 360 g/mol. The Bertz CT molecular complexity index is 940. The molecule has 0 bridgehead atoms. The number of hydrogen-bond donors (Lipinski definition) is 2. The van der Waals surface area contributed by atoms with E-state index in [1.165, 1.54) is 5.56 Å². The smallest absolute Gasteiger partial charge is 0.120 e. The molecule has 0 aromatic heterocycles. The predicted octanol–water partition coefficient (Wildman–Crippen LogP) is 5.74. The van der Waals surface area contributed by atoms with Gasteiger partial charge in [0.05, 0.1) is 12.2 Å². The van der Waals surface area contributed by atoms with Crippen molar-refractivity contribution in [2.75, 3.05) is 0 Å². The summed E-state index contributed by atoms with van der Waals surface area (Å²) in [5, 5.41) is 20.0. The minimum absolute atomic E-state index is 0.0315. The van der Waals surface area contributed by atoms with Crippen molar-refractivity contribution in [3.63, 3.8) is 0 Å². The van der Waals surface area contributed by atoms with Gasteiger partial charge in [0.1, 0.15) is 12.4 Å². The summed E-state index contributed by atoms with van der Waals surface area (Å²) in [5.74, 6) is 0.808. The van der Waals surface area contributed by atoms with Gasteiger partial charge in [-0.2, -0.15) is 0 Å². The summed E-state index contributed by atoms with van der Waals surface area (Å²) in [7, 11) is 0. The Hall–Kier alpha value is -2.62. The molecule has 3 heteroatoms. The fourth-order valence-corrected chi connectivity index (χ4v) is 3.60. The Morgan fingerprint density at radius 2 is 1.55 bits per heavy atom. The van der Waals surface area contributed by atoms with Crippen LogP contribution in [0.1, 0.15) is 48.9 Å². The highest BCUT2D eigenvalue weighted by atomic mass is 16.5. The first kappa shape index (κ1) is 21.1. The van der Waals surface area contributed by atoms with E-state index < -0.39 is 5.60 Å².